The quantitative estimate of drug-likeness (QED) is 0.397. The number of nitrogens with two attached hydrogens (primary N) is 1. The summed E-state index contributed by atoms with van der Waals surface area (Å²) in [5.41, 5.74) is 14.1. The number of carbonyl (C=O) groups is 2. The Morgan fingerprint density at radius 3 is 2.50 bits per heavy atom. The van der Waals surface area contributed by atoms with Crippen molar-refractivity contribution in [1.29, 1.82) is 0 Å². The number of carbonyl (C=O) groups excluding carboxylic acids is 2. The molecule has 1 amide bonds. The van der Waals surface area contributed by atoms with E-state index in [2.05, 4.69) is 15.8 Å². The SMILES string of the molecule is CC(C)(C)OC(=O)NNC1CCCN(c2ccc(C(=O)c3ccccc3)cc2N)C1. The number of ketones is 1. The van der Waals surface area contributed by atoms with Crippen molar-refractivity contribution in [2.75, 3.05) is 23.7 Å². The highest BCUT2D eigenvalue weighted by molar-refractivity contribution is 6.09. The second-order valence-electron chi connectivity index (χ2n) is 8.53. The molecule has 1 fully saturated rings. The number of anilines is 2. The molecule has 0 aromatic heterocycles. The number of nitrogens with zero attached hydrogens (tertiary/aromatic N) is 1. The Kier molecular flexibility index (Phi) is 6.62. The lowest BCUT2D eigenvalue weighted by molar-refractivity contribution is 0.0485. The van der Waals surface area contributed by atoms with Gasteiger partial charge in [-0.1, -0.05) is 30.3 Å². The Morgan fingerprint density at radius 1 is 1.10 bits per heavy atom. The van der Waals surface area contributed by atoms with Crippen molar-refractivity contribution in [1.82, 2.24) is 10.9 Å². The number of rotatable bonds is 5. The van der Waals surface area contributed by atoms with E-state index >= 15 is 0 Å². The third-order valence-electron chi connectivity index (χ3n) is 4.87. The molecule has 30 heavy (non-hydrogen) atoms. The molecule has 1 unspecified atom stereocenters. The van der Waals surface area contributed by atoms with Crippen LogP contribution in [0.1, 0.15) is 49.5 Å². The average molecular weight is 411 g/mol. The largest absolute Gasteiger partial charge is 0.443 e. The minimum absolute atomic E-state index is 0.0476. The Labute approximate surface area is 177 Å². The van der Waals surface area contributed by atoms with E-state index in [1.54, 1.807) is 18.2 Å². The van der Waals surface area contributed by atoms with Gasteiger partial charge in [-0.05, 0) is 51.8 Å². The molecule has 7 nitrogen and oxygen atoms in total. The molecule has 0 aliphatic carbocycles. The second-order valence-corrected chi connectivity index (χ2v) is 8.53. The number of hydrazine groups is 1. The average Bonchev–Trinajstić information content (AvgIpc) is 2.71. The predicted octanol–water partition coefficient (Wildman–Crippen LogP) is 3.50. The minimum Gasteiger partial charge on any atom is -0.443 e. The molecule has 1 aliphatic heterocycles. The van der Waals surface area contributed by atoms with Gasteiger partial charge < -0.3 is 15.4 Å². The molecule has 1 saturated heterocycles. The molecule has 1 aliphatic rings. The maximum absolute atomic E-state index is 12.7. The van der Waals surface area contributed by atoms with Gasteiger partial charge in [0.1, 0.15) is 5.60 Å². The first-order chi connectivity index (χ1) is 14.2. The molecular formula is C23H30N4O3. The summed E-state index contributed by atoms with van der Waals surface area (Å²) < 4.78 is 5.25. The molecule has 2 aromatic rings. The first-order valence-corrected chi connectivity index (χ1v) is 10.2. The molecule has 0 radical (unpaired) electrons. The Morgan fingerprint density at radius 2 is 1.83 bits per heavy atom. The molecule has 160 valence electrons. The molecule has 2 aromatic carbocycles. The fraction of sp³-hybridized carbons (Fsp3) is 0.391. The standard InChI is InChI=1S/C23H30N4O3/c1-23(2,3)30-22(29)26-25-18-10-7-13-27(15-18)20-12-11-17(14-19(20)24)21(28)16-8-5-4-6-9-16/h4-6,8-9,11-12,14,18,25H,7,10,13,15,24H2,1-3H3,(H,26,29). The number of benzene rings is 2. The monoisotopic (exact) mass is 410 g/mol. The molecule has 4 N–H and O–H groups in total. The summed E-state index contributed by atoms with van der Waals surface area (Å²) in [5, 5.41) is 0. The fourth-order valence-electron chi connectivity index (χ4n) is 3.52. The molecule has 0 spiro atoms. The number of nitrogens with one attached hydrogen (secondary N) is 2. The number of nitrogen functional groups attached to an aromatic ring is 1. The maximum Gasteiger partial charge on any atom is 0.422 e. The third kappa shape index (κ3) is 5.73. The lowest BCUT2D eigenvalue weighted by Crippen LogP contribution is -2.53. The van der Waals surface area contributed by atoms with Crippen molar-refractivity contribution in [3.63, 3.8) is 0 Å². The molecular weight excluding hydrogens is 380 g/mol. The van der Waals surface area contributed by atoms with E-state index in [1.165, 1.54) is 0 Å². The van der Waals surface area contributed by atoms with Gasteiger partial charge in [0.2, 0.25) is 0 Å². The van der Waals surface area contributed by atoms with Crippen LogP contribution in [0.15, 0.2) is 48.5 Å². The van der Waals surface area contributed by atoms with Crippen LogP contribution in [-0.2, 0) is 4.74 Å². The lowest BCUT2D eigenvalue weighted by Gasteiger charge is -2.35. The van der Waals surface area contributed by atoms with E-state index < -0.39 is 11.7 Å². The Balaban J connectivity index is 1.63. The summed E-state index contributed by atoms with van der Waals surface area (Å²) in [6.07, 6.45) is 1.39. The zero-order valence-electron chi connectivity index (χ0n) is 17.8. The van der Waals surface area contributed by atoms with Crippen molar-refractivity contribution in [3.8, 4) is 0 Å². The first kappa shape index (κ1) is 21.6. The summed E-state index contributed by atoms with van der Waals surface area (Å²) in [5.74, 6) is -0.0476. The van der Waals surface area contributed by atoms with Gasteiger partial charge in [0.05, 0.1) is 11.4 Å². The zero-order chi connectivity index (χ0) is 21.7. The van der Waals surface area contributed by atoms with Crippen LogP contribution < -0.4 is 21.5 Å². The highest BCUT2D eigenvalue weighted by Crippen LogP contribution is 2.28. The number of ether oxygens (including phenoxy) is 1. The van der Waals surface area contributed by atoms with Gasteiger partial charge in [0.15, 0.2) is 5.78 Å². The van der Waals surface area contributed by atoms with E-state index in [9.17, 15) is 9.59 Å². The summed E-state index contributed by atoms with van der Waals surface area (Å²) >= 11 is 0. The molecule has 1 atom stereocenters. The van der Waals surface area contributed by atoms with Gasteiger partial charge in [-0.15, -0.1) is 0 Å². The normalized spacial score (nSPS) is 16.8. The van der Waals surface area contributed by atoms with Crippen LogP contribution in [0, 0.1) is 0 Å². The van der Waals surface area contributed by atoms with Crippen LogP contribution in [0.5, 0.6) is 0 Å². The molecule has 1 heterocycles. The van der Waals surface area contributed by atoms with Gasteiger partial charge in [0.25, 0.3) is 0 Å². The van der Waals surface area contributed by atoms with Crippen molar-refractivity contribution in [3.05, 3.63) is 59.7 Å². The third-order valence-corrected chi connectivity index (χ3v) is 4.87. The zero-order valence-corrected chi connectivity index (χ0v) is 17.8. The molecule has 7 heteroatoms. The van der Waals surface area contributed by atoms with Gasteiger partial charge in [-0.3, -0.25) is 10.2 Å². The topological polar surface area (TPSA) is 96.7 Å². The van der Waals surface area contributed by atoms with Crippen molar-refractivity contribution < 1.29 is 14.3 Å². The van der Waals surface area contributed by atoms with E-state index in [-0.39, 0.29) is 11.8 Å². The van der Waals surface area contributed by atoms with Crippen molar-refractivity contribution >= 4 is 23.3 Å². The van der Waals surface area contributed by atoms with E-state index in [0.29, 0.717) is 23.4 Å². The molecule has 0 saturated carbocycles. The second kappa shape index (κ2) is 9.17. The van der Waals surface area contributed by atoms with Gasteiger partial charge in [0, 0.05) is 30.3 Å². The highest BCUT2D eigenvalue weighted by Gasteiger charge is 2.23. The van der Waals surface area contributed by atoms with E-state index in [1.807, 2.05) is 51.1 Å². The van der Waals surface area contributed by atoms with Crippen molar-refractivity contribution in [2.45, 2.75) is 45.3 Å². The summed E-state index contributed by atoms with van der Waals surface area (Å²) in [4.78, 5) is 26.7. The number of amides is 1. The Bertz CT molecular complexity index is 893. The smallest absolute Gasteiger partial charge is 0.422 e. The van der Waals surface area contributed by atoms with Crippen LogP contribution in [0.4, 0.5) is 16.2 Å². The van der Waals surface area contributed by atoms with Gasteiger partial charge in [-0.2, -0.15) is 0 Å². The van der Waals surface area contributed by atoms with Crippen LogP contribution >= 0.6 is 0 Å². The van der Waals surface area contributed by atoms with Crippen molar-refractivity contribution in [2.24, 2.45) is 0 Å². The highest BCUT2D eigenvalue weighted by atomic mass is 16.6. The molecule has 0 bridgehead atoms. The van der Waals surface area contributed by atoms with E-state index in [0.717, 1.165) is 25.1 Å². The van der Waals surface area contributed by atoms with Gasteiger partial charge >= 0.3 is 6.09 Å². The fourth-order valence-corrected chi connectivity index (χ4v) is 3.52. The van der Waals surface area contributed by atoms with Crippen LogP contribution in [0.3, 0.4) is 0 Å². The first-order valence-electron chi connectivity index (χ1n) is 10.2. The number of hydrogen-bond acceptors (Lipinski definition) is 6. The number of hydrogen-bond donors (Lipinski definition) is 3. The molecule has 3 rings (SSSR count). The summed E-state index contributed by atoms with van der Waals surface area (Å²) in [6.45, 7) is 7.02. The number of piperidine rings is 1. The lowest BCUT2D eigenvalue weighted by atomic mass is 10.0. The van der Waals surface area contributed by atoms with Crippen LogP contribution in [0.25, 0.3) is 0 Å². The minimum atomic E-state index is -0.544. The van der Waals surface area contributed by atoms with Crippen LogP contribution in [-0.4, -0.2) is 36.6 Å². The van der Waals surface area contributed by atoms with Gasteiger partial charge in [-0.25, -0.2) is 10.2 Å². The Hall–Kier alpha value is -3.06. The predicted molar refractivity (Wildman–Crippen MR) is 118 cm³/mol. The summed E-state index contributed by atoms with van der Waals surface area (Å²) in [6, 6.07) is 14.7. The maximum atomic E-state index is 12.7. The van der Waals surface area contributed by atoms with E-state index in [4.69, 9.17) is 10.5 Å². The summed E-state index contributed by atoms with van der Waals surface area (Å²) in [7, 11) is 0. The van der Waals surface area contributed by atoms with Crippen LogP contribution in [0.2, 0.25) is 0 Å².